The summed E-state index contributed by atoms with van der Waals surface area (Å²) in [5, 5.41) is 15.4. The van der Waals surface area contributed by atoms with Crippen LogP contribution in [0, 0.1) is 6.92 Å². The second-order valence-electron chi connectivity index (χ2n) is 8.87. The molecule has 228 valence electrons. The van der Waals surface area contributed by atoms with Crippen LogP contribution in [-0.2, 0) is 12.5 Å². The van der Waals surface area contributed by atoms with Crippen molar-refractivity contribution in [3.63, 3.8) is 0 Å². The van der Waals surface area contributed by atoms with Gasteiger partial charge >= 0.3 is 18.0 Å². The summed E-state index contributed by atoms with van der Waals surface area (Å²) < 4.78 is 94.4. The van der Waals surface area contributed by atoms with Crippen molar-refractivity contribution in [3.8, 4) is 5.82 Å². The number of halogens is 9. The van der Waals surface area contributed by atoms with Crippen molar-refractivity contribution in [2.75, 3.05) is 12.4 Å². The van der Waals surface area contributed by atoms with Crippen LogP contribution in [-0.4, -0.2) is 60.7 Å². The number of rotatable bonds is 8. The highest BCUT2D eigenvalue weighted by Gasteiger charge is 2.74. The van der Waals surface area contributed by atoms with E-state index >= 15 is 0 Å². The maximum Gasteiger partial charge on any atom is 0.460 e. The van der Waals surface area contributed by atoms with Crippen molar-refractivity contribution in [1.29, 1.82) is 0 Å². The number of anilines is 1. The maximum atomic E-state index is 14.1. The van der Waals surface area contributed by atoms with Gasteiger partial charge in [-0.1, -0.05) is 28.4 Å². The van der Waals surface area contributed by atoms with Crippen molar-refractivity contribution in [2.45, 2.75) is 31.5 Å². The van der Waals surface area contributed by atoms with Crippen molar-refractivity contribution >= 4 is 40.7 Å². The third-order valence-electron chi connectivity index (χ3n) is 5.88. The van der Waals surface area contributed by atoms with E-state index in [0.717, 1.165) is 10.7 Å². The SMILES string of the molecule is CNC(=O)c1cc(Cl)cc(C)c1NC(=O)c1cc(Cn2cc(C(F)(F)C(F)(F)C(F)(F)F)nn2)nn1-c1ncccc1Cl. The van der Waals surface area contributed by atoms with Gasteiger partial charge in [-0.2, -0.15) is 35.8 Å². The van der Waals surface area contributed by atoms with E-state index in [-0.39, 0.29) is 44.7 Å². The van der Waals surface area contributed by atoms with Crippen LogP contribution in [0.15, 0.2) is 42.7 Å². The van der Waals surface area contributed by atoms with Crippen molar-refractivity contribution in [1.82, 2.24) is 35.1 Å². The van der Waals surface area contributed by atoms with Crippen LogP contribution in [0.2, 0.25) is 10.0 Å². The number of amides is 2. The van der Waals surface area contributed by atoms with Crippen LogP contribution >= 0.6 is 23.2 Å². The molecule has 10 nitrogen and oxygen atoms in total. The molecule has 1 aromatic carbocycles. The zero-order valence-corrected chi connectivity index (χ0v) is 23.2. The molecular formula is C24H17Cl2F7N8O2. The summed E-state index contributed by atoms with van der Waals surface area (Å²) in [6.07, 6.45) is -5.05. The Bertz CT molecular complexity index is 1710. The Balaban J connectivity index is 1.73. The van der Waals surface area contributed by atoms with Gasteiger partial charge in [0, 0.05) is 18.3 Å². The lowest BCUT2D eigenvalue weighted by Crippen LogP contribution is -2.50. The van der Waals surface area contributed by atoms with Gasteiger partial charge in [0.25, 0.3) is 11.8 Å². The molecule has 0 atom stereocenters. The van der Waals surface area contributed by atoms with Gasteiger partial charge in [-0.15, -0.1) is 5.10 Å². The summed E-state index contributed by atoms with van der Waals surface area (Å²) in [5.74, 6) is -13.7. The molecule has 2 amide bonds. The number of carbonyl (C=O) groups excluding carboxylic acids is 2. The normalized spacial score (nSPS) is 12.3. The number of hydrogen-bond donors (Lipinski definition) is 2. The highest BCUT2D eigenvalue weighted by atomic mass is 35.5. The standard InChI is InChI=1S/C24H17Cl2F7N8O2/c1-11-6-12(25)7-14(20(42)34-2)18(11)36-21(43)16-8-13(38-41(16)19-15(26)4-3-5-35-19)9-40-10-17(37-39-40)22(27,28)23(29,30)24(31,32)33/h3-8,10H,9H2,1-2H3,(H,34,42)(H,36,43). The molecule has 0 bridgehead atoms. The number of nitrogens with one attached hydrogen (secondary N) is 2. The molecule has 0 saturated carbocycles. The first kappa shape index (κ1) is 31.7. The van der Waals surface area contributed by atoms with E-state index in [1.807, 2.05) is 0 Å². The molecule has 0 saturated heterocycles. The van der Waals surface area contributed by atoms with E-state index in [1.54, 1.807) is 6.92 Å². The summed E-state index contributed by atoms with van der Waals surface area (Å²) in [5.41, 5.74) is -1.79. The first-order valence-corrected chi connectivity index (χ1v) is 12.5. The number of alkyl halides is 7. The second-order valence-corrected chi connectivity index (χ2v) is 9.71. The van der Waals surface area contributed by atoms with Crippen LogP contribution in [0.3, 0.4) is 0 Å². The van der Waals surface area contributed by atoms with Gasteiger partial charge in [-0.25, -0.2) is 14.3 Å². The number of carbonyl (C=O) groups is 2. The van der Waals surface area contributed by atoms with E-state index in [1.165, 1.54) is 37.5 Å². The Morgan fingerprint density at radius 1 is 1.02 bits per heavy atom. The van der Waals surface area contributed by atoms with Gasteiger partial charge in [-0.05, 0) is 42.8 Å². The molecular weight excluding hydrogens is 636 g/mol. The lowest BCUT2D eigenvalue weighted by atomic mass is 10.1. The topological polar surface area (TPSA) is 120 Å². The summed E-state index contributed by atoms with van der Waals surface area (Å²) in [6, 6.07) is 6.85. The lowest BCUT2D eigenvalue weighted by Gasteiger charge is -2.26. The fourth-order valence-corrected chi connectivity index (χ4v) is 4.26. The molecule has 19 heteroatoms. The smallest absolute Gasteiger partial charge is 0.355 e. The number of nitrogens with zero attached hydrogens (tertiary/aromatic N) is 6. The van der Waals surface area contributed by atoms with Crippen LogP contribution in [0.4, 0.5) is 36.4 Å². The minimum atomic E-state index is -6.57. The zero-order valence-electron chi connectivity index (χ0n) is 21.7. The summed E-state index contributed by atoms with van der Waals surface area (Å²) >= 11 is 12.3. The average Bonchev–Trinajstić information content (AvgIpc) is 3.57. The molecule has 0 aliphatic rings. The minimum absolute atomic E-state index is 0.0229. The summed E-state index contributed by atoms with van der Waals surface area (Å²) in [6.45, 7) is 0.967. The lowest BCUT2D eigenvalue weighted by molar-refractivity contribution is -0.360. The van der Waals surface area contributed by atoms with Crippen LogP contribution < -0.4 is 10.6 Å². The van der Waals surface area contributed by atoms with Crippen LogP contribution in [0.5, 0.6) is 0 Å². The first-order chi connectivity index (χ1) is 20.0. The Hall–Kier alpha value is -4.25. The van der Waals surface area contributed by atoms with Crippen molar-refractivity contribution in [2.24, 2.45) is 0 Å². The van der Waals surface area contributed by atoms with Gasteiger partial charge in [-0.3, -0.25) is 9.59 Å². The van der Waals surface area contributed by atoms with Crippen LogP contribution in [0.1, 0.15) is 37.8 Å². The predicted molar refractivity (Wildman–Crippen MR) is 138 cm³/mol. The van der Waals surface area contributed by atoms with Gasteiger partial charge in [0.1, 0.15) is 5.69 Å². The molecule has 0 spiro atoms. The summed E-state index contributed by atoms with van der Waals surface area (Å²) in [7, 11) is 1.37. The largest absolute Gasteiger partial charge is 0.460 e. The predicted octanol–water partition coefficient (Wildman–Crippen LogP) is 5.42. The fraction of sp³-hybridized carbons (Fsp3) is 0.250. The third kappa shape index (κ3) is 5.99. The molecule has 4 rings (SSSR count). The van der Waals surface area contributed by atoms with E-state index < -0.39 is 42.1 Å². The van der Waals surface area contributed by atoms with E-state index in [4.69, 9.17) is 23.2 Å². The van der Waals surface area contributed by atoms with E-state index in [0.29, 0.717) is 10.2 Å². The first-order valence-electron chi connectivity index (χ1n) is 11.7. The zero-order chi connectivity index (χ0) is 31.9. The van der Waals surface area contributed by atoms with Crippen molar-refractivity contribution < 1.29 is 40.3 Å². The molecule has 2 N–H and O–H groups in total. The highest BCUT2D eigenvalue weighted by Crippen LogP contribution is 2.51. The quantitative estimate of drug-likeness (QED) is 0.245. The molecule has 4 aromatic rings. The van der Waals surface area contributed by atoms with Gasteiger partial charge < -0.3 is 10.6 Å². The highest BCUT2D eigenvalue weighted by molar-refractivity contribution is 6.32. The van der Waals surface area contributed by atoms with Gasteiger partial charge in [0.05, 0.1) is 34.7 Å². The maximum absolute atomic E-state index is 14.1. The third-order valence-corrected chi connectivity index (χ3v) is 6.39. The summed E-state index contributed by atoms with van der Waals surface area (Å²) in [4.78, 5) is 30.0. The number of aromatic nitrogens is 6. The fourth-order valence-electron chi connectivity index (χ4n) is 3.79. The van der Waals surface area contributed by atoms with Crippen molar-refractivity contribution in [3.05, 3.63) is 81.0 Å². The molecule has 0 aliphatic heterocycles. The second kappa shape index (κ2) is 11.4. The molecule has 43 heavy (non-hydrogen) atoms. The number of benzene rings is 1. The molecule has 3 heterocycles. The molecule has 0 unspecified atom stereocenters. The number of hydrogen-bond acceptors (Lipinski definition) is 6. The Morgan fingerprint density at radius 2 is 1.72 bits per heavy atom. The van der Waals surface area contributed by atoms with Crippen LogP contribution in [0.25, 0.3) is 5.82 Å². The Morgan fingerprint density at radius 3 is 2.35 bits per heavy atom. The average molecular weight is 653 g/mol. The van der Waals surface area contributed by atoms with Gasteiger partial charge in [0.2, 0.25) is 0 Å². The molecule has 0 radical (unpaired) electrons. The molecule has 0 aliphatic carbocycles. The monoisotopic (exact) mass is 652 g/mol. The number of pyridine rings is 1. The van der Waals surface area contributed by atoms with Gasteiger partial charge in [0.15, 0.2) is 11.5 Å². The van der Waals surface area contributed by atoms with E-state index in [9.17, 15) is 40.3 Å². The minimum Gasteiger partial charge on any atom is -0.355 e. The molecule has 0 fully saturated rings. The Kier molecular flexibility index (Phi) is 8.43. The van der Waals surface area contributed by atoms with E-state index in [2.05, 4.69) is 31.0 Å². The Labute approximate surface area is 246 Å². The molecule has 3 aromatic heterocycles. The number of aryl methyl sites for hydroxylation is 1.